The zero-order chi connectivity index (χ0) is 18.4. The molecule has 0 bridgehead atoms. The molecule has 1 aromatic carbocycles. The number of anilines is 1. The number of ether oxygens (including phenoxy) is 2. The van der Waals surface area contributed by atoms with Gasteiger partial charge in [-0.15, -0.1) is 0 Å². The molecular formula is C19H21N3O3. The number of methoxy groups -OCH3 is 2. The molecule has 25 heavy (non-hydrogen) atoms. The lowest BCUT2D eigenvalue weighted by molar-refractivity contribution is -0.114. The Bertz CT molecular complexity index is 825. The summed E-state index contributed by atoms with van der Waals surface area (Å²) in [6, 6.07) is 9.28. The van der Waals surface area contributed by atoms with E-state index in [1.807, 2.05) is 18.2 Å². The molecule has 1 heterocycles. The van der Waals surface area contributed by atoms with Crippen molar-refractivity contribution in [2.75, 3.05) is 19.5 Å². The average molecular weight is 339 g/mol. The van der Waals surface area contributed by atoms with Gasteiger partial charge in [0.15, 0.2) is 0 Å². The van der Waals surface area contributed by atoms with Crippen LogP contribution in [-0.2, 0) is 11.2 Å². The van der Waals surface area contributed by atoms with Gasteiger partial charge in [-0.1, -0.05) is 13.3 Å². The number of rotatable bonds is 6. The molecule has 1 N–H and O–H groups in total. The Balaban J connectivity index is 2.63. The van der Waals surface area contributed by atoms with Gasteiger partial charge < -0.3 is 14.8 Å². The van der Waals surface area contributed by atoms with Gasteiger partial charge in [0.2, 0.25) is 11.8 Å². The van der Waals surface area contributed by atoms with E-state index >= 15 is 0 Å². The predicted molar refractivity (Wildman–Crippen MR) is 95.8 cm³/mol. The van der Waals surface area contributed by atoms with Crippen LogP contribution in [-0.4, -0.2) is 25.1 Å². The summed E-state index contributed by atoms with van der Waals surface area (Å²) in [5.41, 5.74) is 3.42. The monoisotopic (exact) mass is 339 g/mol. The van der Waals surface area contributed by atoms with Crippen molar-refractivity contribution in [3.05, 3.63) is 35.4 Å². The van der Waals surface area contributed by atoms with E-state index in [9.17, 15) is 4.79 Å². The van der Waals surface area contributed by atoms with Gasteiger partial charge in [0.25, 0.3) is 0 Å². The van der Waals surface area contributed by atoms with Crippen molar-refractivity contribution in [2.45, 2.75) is 26.7 Å². The molecule has 2 rings (SSSR count). The van der Waals surface area contributed by atoms with Crippen molar-refractivity contribution in [2.24, 2.45) is 0 Å². The van der Waals surface area contributed by atoms with E-state index in [0.29, 0.717) is 22.7 Å². The summed E-state index contributed by atoms with van der Waals surface area (Å²) in [5, 5.41) is 11.9. The second-order valence-corrected chi connectivity index (χ2v) is 5.51. The topological polar surface area (TPSA) is 84.2 Å². The van der Waals surface area contributed by atoms with Crippen LogP contribution in [0, 0.1) is 11.3 Å². The number of carbonyl (C=O) groups is 1. The maximum absolute atomic E-state index is 11.5. The molecule has 0 saturated heterocycles. The highest BCUT2D eigenvalue weighted by atomic mass is 16.5. The smallest absolute Gasteiger partial charge is 0.231 e. The van der Waals surface area contributed by atoms with Gasteiger partial charge in [-0.05, 0) is 36.2 Å². The zero-order valence-corrected chi connectivity index (χ0v) is 14.8. The molecule has 0 spiro atoms. The van der Waals surface area contributed by atoms with Gasteiger partial charge in [0.05, 0.1) is 25.6 Å². The maximum Gasteiger partial charge on any atom is 0.231 e. The van der Waals surface area contributed by atoms with Crippen molar-refractivity contribution in [3.8, 4) is 29.0 Å². The highest BCUT2D eigenvalue weighted by Crippen LogP contribution is 2.35. The number of nitrogens with zero attached hydrogens (tertiary/aromatic N) is 2. The Hall–Kier alpha value is -3.07. The molecule has 0 aliphatic heterocycles. The number of nitriles is 1. The number of amides is 1. The minimum atomic E-state index is -0.178. The van der Waals surface area contributed by atoms with Crippen molar-refractivity contribution in [1.29, 1.82) is 5.26 Å². The molecule has 0 unspecified atom stereocenters. The third-order valence-electron chi connectivity index (χ3n) is 3.67. The average Bonchev–Trinajstić information content (AvgIpc) is 2.60. The normalized spacial score (nSPS) is 10.0. The fourth-order valence-electron chi connectivity index (χ4n) is 2.66. The van der Waals surface area contributed by atoms with Crippen LogP contribution in [0.4, 0.5) is 5.69 Å². The van der Waals surface area contributed by atoms with Gasteiger partial charge in [0.1, 0.15) is 17.4 Å². The van der Waals surface area contributed by atoms with Crippen molar-refractivity contribution >= 4 is 11.6 Å². The van der Waals surface area contributed by atoms with Crippen LogP contribution in [0.5, 0.6) is 11.6 Å². The number of benzene rings is 1. The maximum atomic E-state index is 11.5. The molecule has 0 aliphatic rings. The lowest BCUT2D eigenvalue weighted by Gasteiger charge is -2.16. The first kappa shape index (κ1) is 18.3. The summed E-state index contributed by atoms with van der Waals surface area (Å²) < 4.78 is 10.7. The van der Waals surface area contributed by atoms with E-state index in [4.69, 9.17) is 14.7 Å². The number of carbonyl (C=O) groups excluding carboxylic acids is 1. The van der Waals surface area contributed by atoms with Crippen LogP contribution in [0.3, 0.4) is 0 Å². The first-order valence-electron chi connectivity index (χ1n) is 7.98. The number of aryl methyl sites for hydroxylation is 1. The van der Waals surface area contributed by atoms with Crippen molar-refractivity contribution in [3.63, 3.8) is 0 Å². The van der Waals surface area contributed by atoms with E-state index in [0.717, 1.165) is 24.0 Å². The zero-order valence-electron chi connectivity index (χ0n) is 14.8. The van der Waals surface area contributed by atoms with E-state index in [-0.39, 0.29) is 11.8 Å². The lowest BCUT2D eigenvalue weighted by atomic mass is 10.0. The van der Waals surface area contributed by atoms with Gasteiger partial charge in [-0.25, -0.2) is 4.98 Å². The number of nitrogens with one attached hydrogen (secondary N) is 1. The third kappa shape index (κ3) is 4.07. The summed E-state index contributed by atoms with van der Waals surface area (Å²) in [6.45, 7) is 3.53. The van der Waals surface area contributed by atoms with Crippen LogP contribution in [0.15, 0.2) is 24.3 Å². The molecule has 1 aromatic heterocycles. The first-order chi connectivity index (χ1) is 12.0. The molecule has 0 saturated carbocycles. The molecule has 1 amide bonds. The van der Waals surface area contributed by atoms with Crippen LogP contribution < -0.4 is 14.8 Å². The number of aromatic nitrogens is 1. The number of hydrogen-bond donors (Lipinski definition) is 1. The molecule has 130 valence electrons. The van der Waals surface area contributed by atoms with Gasteiger partial charge >= 0.3 is 0 Å². The Morgan fingerprint density at radius 3 is 2.60 bits per heavy atom. The Kier molecular flexibility index (Phi) is 5.96. The third-order valence-corrected chi connectivity index (χ3v) is 3.67. The van der Waals surface area contributed by atoms with Crippen molar-refractivity contribution in [1.82, 2.24) is 4.98 Å². The SMILES string of the molecule is CCCc1cc(-c2ccc(C#N)c(OC)n2)cc(NC(C)=O)c1OC. The minimum Gasteiger partial charge on any atom is -0.494 e. The van der Waals surface area contributed by atoms with E-state index in [1.54, 1.807) is 19.2 Å². The molecule has 0 atom stereocenters. The van der Waals surface area contributed by atoms with E-state index in [1.165, 1.54) is 14.0 Å². The summed E-state index contributed by atoms with van der Waals surface area (Å²) in [7, 11) is 3.06. The molecule has 6 nitrogen and oxygen atoms in total. The highest BCUT2D eigenvalue weighted by Gasteiger charge is 2.15. The summed E-state index contributed by atoms with van der Waals surface area (Å²) in [6.07, 6.45) is 1.74. The fourth-order valence-corrected chi connectivity index (χ4v) is 2.66. The van der Waals surface area contributed by atoms with E-state index < -0.39 is 0 Å². The molecule has 2 aromatic rings. The number of pyridine rings is 1. The number of hydrogen-bond acceptors (Lipinski definition) is 5. The Labute approximate surface area is 147 Å². The van der Waals surface area contributed by atoms with Gasteiger partial charge in [-0.2, -0.15) is 5.26 Å². The predicted octanol–water partition coefficient (Wildman–Crippen LogP) is 3.55. The quantitative estimate of drug-likeness (QED) is 0.870. The van der Waals surface area contributed by atoms with Crippen LogP contribution in [0.25, 0.3) is 11.3 Å². The summed E-state index contributed by atoms with van der Waals surface area (Å²) in [5.74, 6) is 0.749. The Morgan fingerprint density at radius 1 is 1.28 bits per heavy atom. The minimum absolute atomic E-state index is 0.178. The van der Waals surface area contributed by atoms with E-state index in [2.05, 4.69) is 17.2 Å². The first-order valence-corrected chi connectivity index (χ1v) is 7.98. The van der Waals surface area contributed by atoms with Gasteiger partial charge in [-0.3, -0.25) is 4.79 Å². The second-order valence-electron chi connectivity index (χ2n) is 5.51. The second kappa shape index (κ2) is 8.15. The fraction of sp³-hybridized carbons (Fsp3) is 0.316. The highest BCUT2D eigenvalue weighted by molar-refractivity contribution is 5.92. The van der Waals surface area contributed by atoms with Crippen LogP contribution in [0.2, 0.25) is 0 Å². The van der Waals surface area contributed by atoms with Gasteiger partial charge in [0, 0.05) is 12.5 Å². The molecule has 0 radical (unpaired) electrons. The van der Waals surface area contributed by atoms with Crippen LogP contribution >= 0.6 is 0 Å². The standard InChI is InChI=1S/C19H21N3O3/c1-5-6-13-9-15(10-17(18(13)24-3)21-12(2)23)16-8-7-14(11-20)19(22-16)25-4/h7-10H,5-6H2,1-4H3,(H,21,23). The molecule has 6 heteroatoms. The molecule has 0 fully saturated rings. The Morgan fingerprint density at radius 2 is 2.04 bits per heavy atom. The van der Waals surface area contributed by atoms with Crippen molar-refractivity contribution < 1.29 is 14.3 Å². The summed E-state index contributed by atoms with van der Waals surface area (Å²) >= 11 is 0. The molecular weight excluding hydrogens is 318 g/mol. The largest absolute Gasteiger partial charge is 0.494 e. The molecule has 0 aliphatic carbocycles. The lowest BCUT2D eigenvalue weighted by Crippen LogP contribution is -2.09. The summed E-state index contributed by atoms with van der Waals surface area (Å²) in [4.78, 5) is 16.0. The van der Waals surface area contributed by atoms with Crippen LogP contribution in [0.1, 0.15) is 31.4 Å².